The molecule has 114 valence electrons. The van der Waals surface area contributed by atoms with Crippen LogP contribution in [0.1, 0.15) is 78.1 Å². The zero-order chi connectivity index (χ0) is 13.8. The van der Waals surface area contributed by atoms with Crippen LogP contribution in [0, 0.1) is 0 Å². The molecule has 1 fully saturated rings. The van der Waals surface area contributed by atoms with Crippen LogP contribution in [0.2, 0.25) is 0 Å². The molecule has 0 bridgehead atoms. The molecule has 0 aromatic rings. The van der Waals surface area contributed by atoms with Gasteiger partial charge in [-0.15, -0.1) is 0 Å². The van der Waals surface area contributed by atoms with Gasteiger partial charge in [0.2, 0.25) is 0 Å². The van der Waals surface area contributed by atoms with Gasteiger partial charge >= 0.3 is 0 Å². The molecule has 0 aliphatic carbocycles. The van der Waals surface area contributed by atoms with Gasteiger partial charge in [0, 0.05) is 12.6 Å². The van der Waals surface area contributed by atoms with Gasteiger partial charge in [0.05, 0.1) is 0 Å². The van der Waals surface area contributed by atoms with Crippen molar-refractivity contribution in [1.82, 2.24) is 10.2 Å². The van der Waals surface area contributed by atoms with E-state index in [0.29, 0.717) is 0 Å². The summed E-state index contributed by atoms with van der Waals surface area (Å²) in [5.41, 5.74) is 0. The van der Waals surface area contributed by atoms with Crippen LogP contribution < -0.4 is 5.32 Å². The van der Waals surface area contributed by atoms with E-state index in [2.05, 4.69) is 24.1 Å². The topological polar surface area (TPSA) is 15.3 Å². The summed E-state index contributed by atoms with van der Waals surface area (Å²) in [6.07, 6.45) is 14.0. The first-order valence-electron chi connectivity index (χ1n) is 8.82. The minimum Gasteiger partial charge on any atom is -0.313 e. The average Bonchev–Trinajstić information content (AvgIpc) is 2.64. The Morgan fingerprint density at radius 2 is 1.68 bits per heavy atom. The van der Waals surface area contributed by atoms with Crippen molar-refractivity contribution < 1.29 is 0 Å². The number of hydrogen-bond acceptors (Lipinski definition) is 2. The quantitative estimate of drug-likeness (QED) is 0.597. The Labute approximate surface area is 121 Å². The zero-order valence-corrected chi connectivity index (χ0v) is 13.4. The highest BCUT2D eigenvalue weighted by molar-refractivity contribution is 4.76. The third-order valence-electron chi connectivity index (χ3n) is 4.28. The first-order chi connectivity index (χ1) is 9.36. The normalized spacial score (nSPS) is 21.5. The predicted octanol–water partition coefficient (Wildman–Crippen LogP) is 4.20. The van der Waals surface area contributed by atoms with Crippen LogP contribution >= 0.6 is 0 Å². The van der Waals surface area contributed by atoms with Crippen molar-refractivity contribution >= 4 is 0 Å². The van der Waals surface area contributed by atoms with Crippen LogP contribution in [-0.4, -0.2) is 37.1 Å². The summed E-state index contributed by atoms with van der Waals surface area (Å²) >= 11 is 0. The molecule has 1 aliphatic heterocycles. The zero-order valence-electron chi connectivity index (χ0n) is 13.4. The van der Waals surface area contributed by atoms with Crippen molar-refractivity contribution in [3.05, 3.63) is 0 Å². The molecule has 0 amide bonds. The van der Waals surface area contributed by atoms with Gasteiger partial charge in [-0.05, 0) is 38.9 Å². The summed E-state index contributed by atoms with van der Waals surface area (Å²) in [5, 5.41) is 3.70. The Bertz CT molecular complexity index is 194. The molecule has 2 nitrogen and oxygen atoms in total. The molecule has 1 aliphatic rings. The van der Waals surface area contributed by atoms with Gasteiger partial charge in [0.25, 0.3) is 0 Å². The van der Waals surface area contributed by atoms with E-state index in [1.807, 2.05) is 0 Å². The highest BCUT2D eigenvalue weighted by atomic mass is 15.2. The summed E-state index contributed by atoms with van der Waals surface area (Å²) in [5.74, 6) is 0. The lowest BCUT2D eigenvalue weighted by Gasteiger charge is -2.24. The van der Waals surface area contributed by atoms with Crippen molar-refractivity contribution in [2.24, 2.45) is 0 Å². The minimum absolute atomic E-state index is 0.747. The van der Waals surface area contributed by atoms with Crippen molar-refractivity contribution in [3.8, 4) is 0 Å². The van der Waals surface area contributed by atoms with Crippen molar-refractivity contribution in [3.63, 3.8) is 0 Å². The second kappa shape index (κ2) is 11.7. The smallest absolute Gasteiger partial charge is 0.0194 e. The molecule has 1 rings (SSSR count). The van der Waals surface area contributed by atoms with Crippen LogP contribution in [0.5, 0.6) is 0 Å². The molecule has 0 spiro atoms. The lowest BCUT2D eigenvalue weighted by molar-refractivity contribution is 0.256. The van der Waals surface area contributed by atoms with E-state index < -0.39 is 0 Å². The Morgan fingerprint density at radius 1 is 0.947 bits per heavy atom. The Hall–Kier alpha value is -0.0800. The molecule has 1 saturated heterocycles. The lowest BCUT2D eigenvalue weighted by atomic mass is 10.1. The molecule has 1 N–H and O–H groups in total. The maximum Gasteiger partial charge on any atom is 0.0194 e. The fourth-order valence-corrected chi connectivity index (χ4v) is 3.11. The summed E-state index contributed by atoms with van der Waals surface area (Å²) < 4.78 is 0. The molecule has 0 aromatic heterocycles. The van der Waals surface area contributed by atoms with Crippen molar-refractivity contribution in [2.75, 3.05) is 26.2 Å². The highest BCUT2D eigenvalue weighted by Gasteiger charge is 2.16. The molecular formula is C17H36N2. The van der Waals surface area contributed by atoms with E-state index in [9.17, 15) is 0 Å². The molecule has 0 saturated carbocycles. The molecule has 1 unspecified atom stereocenters. The van der Waals surface area contributed by atoms with Gasteiger partial charge in [0.1, 0.15) is 0 Å². The Kier molecular flexibility index (Phi) is 10.5. The summed E-state index contributed by atoms with van der Waals surface area (Å²) in [4.78, 5) is 2.70. The first-order valence-corrected chi connectivity index (χ1v) is 8.82. The fourth-order valence-electron chi connectivity index (χ4n) is 3.11. The number of nitrogens with zero attached hydrogens (tertiary/aromatic N) is 1. The molecular weight excluding hydrogens is 232 g/mol. The lowest BCUT2D eigenvalue weighted by Crippen LogP contribution is -2.37. The van der Waals surface area contributed by atoms with Gasteiger partial charge in [0.15, 0.2) is 0 Å². The first kappa shape index (κ1) is 17.0. The van der Waals surface area contributed by atoms with Gasteiger partial charge in [-0.2, -0.15) is 0 Å². The van der Waals surface area contributed by atoms with Gasteiger partial charge < -0.3 is 10.2 Å². The standard InChI is InChI=1S/C17H36N2/c1-3-5-6-7-8-9-10-14-19-15-11-13-18-17(16-19)12-4-2/h17-18H,3-16H2,1-2H3. The predicted molar refractivity (Wildman–Crippen MR) is 85.7 cm³/mol. The third kappa shape index (κ3) is 8.65. The number of unbranched alkanes of at least 4 members (excludes halogenated alkanes) is 6. The maximum absolute atomic E-state index is 3.70. The minimum atomic E-state index is 0.747. The third-order valence-corrected chi connectivity index (χ3v) is 4.28. The van der Waals surface area contributed by atoms with Crippen LogP contribution in [0.3, 0.4) is 0 Å². The van der Waals surface area contributed by atoms with Gasteiger partial charge in [-0.1, -0.05) is 58.8 Å². The molecule has 19 heavy (non-hydrogen) atoms. The Morgan fingerprint density at radius 3 is 2.42 bits per heavy atom. The highest BCUT2D eigenvalue weighted by Crippen LogP contribution is 2.10. The SMILES string of the molecule is CCCCCCCCCN1CCCNC(CCC)C1. The number of hydrogen-bond donors (Lipinski definition) is 1. The second-order valence-electron chi connectivity index (χ2n) is 6.22. The van der Waals surface area contributed by atoms with E-state index in [0.717, 1.165) is 6.04 Å². The maximum atomic E-state index is 3.70. The van der Waals surface area contributed by atoms with Crippen LogP contribution in [0.15, 0.2) is 0 Å². The second-order valence-corrected chi connectivity index (χ2v) is 6.22. The van der Waals surface area contributed by atoms with E-state index in [1.54, 1.807) is 0 Å². The summed E-state index contributed by atoms with van der Waals surface area (Å²) in [6.45, 7) is 9.73. The monoisotopic (exact) mass is 268 g/mol. The van der Waals surface area contributed by atoms with E-state index in [4.69, 9.17) is 0 Å². The van der Waals surface area contributed by atoms with Crippen molar-refractivity contribution in [2.45, 2.75) is 84.1 Å². The van der Waals surface area contributed by atoms with Crippen molar-refractivity contribution in [1.29, 1.82) is 0 Å². The molecule has 1 heterocycles. The molecule has 1 atom stereocenters. The van der Waals surface area contributed by atoms with Crippen LogP contribution in [0.25, 0.3) is 0 Å². The number of rotatable bonds is 10. The van der Waals surface area contributed by atoms with Crippen LogP contribution in [0.4, 0.5) is 0 Å². The van der Waals surface area contributed by atoms with E-state index in [-0.39, 0.29) is 0 Å². The molecule has 0 radical (unpaired) electrons. The summed E-state index contributed by atoms with van der Waals surface area (Å²) in [7, 11) is 0. The fraction of sp³-hybridized carbons (Fsp3) is 1.00. The number of nitrogens with one attached hydrogen (secondary N) is 1. The molecule has 0 aromatic carbocycles. The van der Waals surface area contributed by atoms with Gasteiger partial charge in [-0.25, -0.2) is 0 Å². The van der Waals surface area contributed by atoms with E-state index >= 15 is 0 Å². The van der Waals surface area contributed by atoms with E-state index in [1.165, 1.54) is 90.4 Å². The van der Waals surface area contributed by atoms with Gasteiger partial charge in [-0.3, -0.25) is 0 Å². The van der Waals surface area contributed by atoms with Crippen LogP contribution in [-0.2, 0) is 0 Å². The summed E-state index contributed by atoms with van der Waals surface area (Å²) in [6, 6.07) is 0.747. The largest absolute Gasteiger partial charge is 0.313 e. The molecule has 2 heteroatoms. The average molecular weight is 268 g/mol. The Balaban J connectivity index is 2.03.